The van der Waals surface area contributed by atoms with Gasteiger partial charge in [-0.15, -0.1) is 0 Å². The molecule has 468 valence electrons. The van der Waals surface area contributed by atoms with E-state index in [1.54, 1.807) is 146 Å². The molecular weight excluding hydrogens is 1200 g/mol. The molecule has 0 aliphatic carbocycles. The summed E-state index contributed by atoms with van der Waals surface area (Å²) in [6, 6.07) is 57.5. The van der Waals surface area contributed by atoms with Gasteiger partial charge in [0.15, 0.2) is 0 Å². The maximum atomic E-state index is 16.4. The maximum absolute atomic E-state index is 16.4. The van der Waals surface area contributed by atoms with Crippen LogP contribution >= 0.6 is 0 Å². The van der Waals surface area contributed by atoms with Crippen LogP contribution in [0.25, 0.3) is 43.1 Å². The van der Waals surface area contributed by atoms with E-state index in [2.05, 4.69) is 20.6 Å². The number of hydrogen-bond donors (Lipinski definition) is 2. The van der Waals surface area contributed by atoms with Crippen LogP contribution in [0.15, 0.2) is 231 Å². The maximum Gasteiger partial charge on any atom is 0.262 e. The molecule has 2 N–H and O–H groups in total. The number of carbonyl (C=O) groups is 6. The zero-order chi connectivity index (χ0) is 65.9. The molecule has 16 nitrogen and oxygen atoms in total. The Balaban J connectivity index is 1.09. The molecule has 0 spiro atoms. The van der Waals surface area contributed by atoms with Crippen LogP contribution in [0.2, 0.25) is 0 Å². The first-order chi connectivity index (χ1) is 46.8. The summed E-state index contributed by atoms with van der Waals surface area (Å²) in [5.74, 6) is -2.51. The number of pyridine rings is 2. The van der Waals surface area contributed by atoms with E-state index in [0.29, 0.717) is 77.8 Å². The first-order valence-electron chi connectivity index (χ1n) is 31.3. The molecule has 11 aromatic carbocycles. The van der Waals surface area contributed by atoms with Crippen molar-refractivity contribution in [2.45, 2.75) is 52.6 Å². The van der Waals surface area contributed by atoms with Gasteiger partial charge in [-0.2, -0.15) is 0 Å². The Labute approximate surface area is 550 Å². The summed E-state index contributed by atoms with van der Waals surface area (Å²) >= 11 is 0. The molecule has 2 unspecified atom stereocenters. The lowest BCUT2D eigenvalue weighted by Gasteiger charge is -2.36. The van der Waals surface area contributed by atoms with E-state index in [0.717, 1.165) is 32.1 Å². The summed E-state index contributed by atoms with van der Waals surface area (Å²) in [4.78, 5) is 106. The summed E-state index contributed by atoms with van der Waals surface area (Å²) in [5, 5.41) is 8.10. The van der Waals surface area contributed by atoms with Crippen LogP contribution in [-0.4, -0.2) is 67.3 Å². The first-order valence-corrected chi connectivity index (χ1v) is 31.3. The Bertz CT molecular complexity index is 4790. The van der Waals surface area contributed by atoms with E-state index in [1.165, 1.54) is 0 Å². The molecule has 0 bridgehead atoms. The van der Waals surface area contributed by atoms with Crippen molar-refractivity contribution in [3.63, 3.8) is 0 Å². The number of para-hydroxylation sites is 6. The number of carbonyl (C=O) groups excluding carboxylic acids is 6. The highest BCUT2D eigenvalue weighted by atomic mass is 16.5. The fourth-order valence-corrected chi connectivity index (χ4v) is 13.2. The molecule has 0 saturated carbocycles. The molecule has 0 saturated heterocycles. The highest BCUT2D eigenvalue weighted by Crippen LogP contribution is 2.58. The highest BCUT2D eigenvalue weighted by molar-refractivity contribution is 6.45. The lowest BCUT2D eigenvalue weighted by molar-refractivity contribution is -0.120. The van der Waals surface area contributed by atoms with Crippen molar-refractivity contribution >= 4 is 89.9 Å². The second-order valence-corrected chi connectivity index (χ2v) is 24.0. The highest BCUT2D eigenvalue weighted by Gasteiger charge is 2.47. The monoisotopic (exact) mass is 1260 g/mol. The van der Waals surface area contributed by atoms with Gasteiger partial charge in [-0.3, -0.25) is 48.5 Å². The van der Waals surface area contributed by atoms with Gasteiger partial charge in [0.2, 0.25) is 11.8 Å². The van der Waals surface area contributed by atoms with Gasteiger partial charge in [-0.25, -0.2) is 0 Å². The number of hydrogen-bond acceptors (Lipinski definition) is 12. The molecule has 16 heteroatoms. The lowest BCUT2D eigenvalue weighted by atomic mass is 9.80. The molecule has 2 aliphatic rings. The van der Waals surface area contributed by atoms with E-state index in [1.807, 2.05) is 113 Å². The quantitative estimate of drug-likeness (QED) is 0.0469. The fraction of sp³-hybridized carbons (Fsp3) is 0.100. The average Bonchev–Trinajstić information content (AvgIpc) is 0.672. The number of aryl methyl sites for hydroxylation is 4. The number of nitrogens with one attached hydrogen (secondary N) is 2. The van der Waals surface area contributed by atoms with Crippen LogP contribution in [0, 0.1) is 27.7 Å². The van der Waals surface area contributed by atoms with Crippen LogP contribution < -0.4 is 29.6 Å². The van der Waals surface area contributed by atoms with E-state index in [4.69, 9.17) is 18.9 Å². The normalized spacial score (nSPS) is 13.3. The number of ether oxygens (including phenoxy) is 4. The van der Waals surface area contributed by atoms with E-state index in [9.17, 15) is 0 Å². The Morgan fingerprint density at radius 2 is 0.625 bits per heavy atom. The number of amides is 6. The van der Waals surface area contributed by atoms with Crippen LogP contribution in [0.5, 0.6) is 46.0 Å². The van der Waals surface area contributed by atoms with Gasteiger partial charge in [0.1, 0.15) is 58.1 Å². The summed E-state index contributed by atoms with van der Waals surface area (Å²) in [6.45, 7) is 7.54. The van der Waals surface area contributed by atoms with Crippen LogP contribution in [0.3, 0.4) is 0 Å². The number of anilines is 2. The minimum absolute atomic E-state index is 0.00514. The zero-order valence-electron chi connectivity index (χ0n) is 52.4. The topological polar surface area (TPSA) is 196 Å². The van der Waals surface area contributed by atoms with Crippen molar-refractivity contribution in [3.8, 4) is 46.0 Å². The summed E-state index contributed by atoms with van der Waals surface area (Å²) < 4.78 is 29.1. The van der Waals surface area contributed by atoms with Gasteiger partial charge in [0.25, 0.3) is 23.6 Å². The van der Waals surface area contributed by atoms with E-state index in [-0.39, 0.29) is 68.9 Å². The average molecular weight is 1260 g/mol. The summed E-state index contributed by atoms with van der Waals surface area (Å²) in [5.41, 5.74) is 4.95. The molecule has 96 heavy (non-hydrogen) atoms. The number of benzene rings is 11. The molecule has 15 rings (SSSR count). The van der Waals surface area contributed by atoms with Crippen molar-refractivity contribution in [2.75, 3.05) is 10.6 Å². The SMILES string of the molecule is Cc1ccccc1Oc1cc2c3c(cc(Oc4ccccc4C)c4c5c(Oc6ccccc6C)cc6c7c(cc(Oc8ccccc8C)c(c1c34)c75)C(=O)N(C(Cc1cccnc1)C(=O)Nc1ccccc1)C6=O)C(=O)N(C(Cc1cccnc1)C(=O)Nc1ccccc1)C2=O. The molecule has 4 heterocycles. The molecule has 2 aromatic heterocycles. The fourth-order valence-electron chi connectivity index (χ4n) is 13.2. The molecule has 2 atom stereocenters. The van der Waals surface area contributed by atoms with Gasteiger partial charge < -0.3 is 29.6 Å². The lowest BCUT2D eigenvalue weighted by Crippen LogP contribution is -2.53. The predicted molar refractivity (Wildman–Crippen MR) is 367 cm³/mol. The minimum atomic E-state index is -1.45. The zero-order valence-corrected chi connectivity index (χ0v) is 52.4. The molecule has 0 radical (unpaired) electrons. The first kappa shape index (κ1) is 59.7. The standard InChI is InChI=1S/C80H58N6O10/c1-45-21-11-15-31-59(45)93-63-39-53-67-54(78(90)85(77(53)89)57(37-49-25-19-35-81-43-49)75(87)83-51-27-7-5-8-28-51)41-65(95-61-33-17-13-23-47(61)3)71-72-66(96-62-34-18-14-24-48(62)4)42-56-68-55(40-64(70(74(68)72)69(63)73(67)71)94-60-32-16-12-22-46(60)2)79(91)86(80(56)92)58(38-50-26-20-36-82-44-50)76(88)84-52-29-9-6-10-30-52/h5-36,39-44,57-58H,37-38H2,1-4H3,(H,83,87)(H,84,88). The van der Waals surface area contributed by atoms with E-state index >= 15 is 28.8 Å². The smallest absolute Gasteiger partial charge is 0.262 e. The Hall–Kier alpha value is -12.6. The van der Waals surface area contributed by atoms with Crippen LogP contribution in [0.1, 0.15) is 74.8 Å². The van der Waals surface area contributed by atoms with Gasteiger partial charge in [-0.05, 0) is 146 Å². The molecule has 6 amide bonds. The van der Waals surface area contributed by atoms with Crippen LogP contribution in [0.4, 0.5) is 11.4 Å². The third kappa shape index (κ3) is 10.6. The Morgan fingerprint density at radius 3 is 0.896 bits per heavy atom. The summed E-state index contributed by atoms with van der Waals surface area (Å²) in [6.07, 6.45) is 6.14. The van der Waals surface area contributed by atoms with Gasteiger partial charge in [0, 0.05) is 92.1 Å². The third-order valence-corrected chi connectivity index (χ3v) is 17.8. The third-order valence-electron chi connectivity index (χ3n) is 17.8. The summed E-state index contributed by atoms with van der Waals surface area (Å²) in [7, 11) is 0. The second-order valence-electron chi connectivity index (χ2n) is 24.0. The molecular formula is C80H58N6O10. The second kappa shape index (κ2) is 24.5. The number of aromatic nitrogens is 2. The van der Waals surface area contributed by atoms with Crippen molar-refractivity contribution < 1.29 is 47.7 Å². The molecule has 0 fully saturated rings. The van der Waals surface area contributed by atoms with Crippen molar-refractivity contribution in [1.29, 1.82) is 0 Å². The minimum Gasteiger partial charge on any atom is -0.456 e. The van der Waals surface area contributed by atoms with Gasteiger partial charge in [-0.1, -0.05) is 121 Å². The largest absolute Gasteiger partial charge is 0.456 e. The van der Waals surface area contributed by atoms with Gasteiger partial charge >= 0.3 is 0 Å². The number of nitrogens with zero attached hydrogens (tertiary/aromatic N) is 4. The Morgan fingerprint density at radius 1 is 0.344 bits per heavy atom. The van der Waals surface area contributed by atoms with Crippen molar-refractivity contribution in [1.82, 2.24) is 19.8 Å². The number of fused-ring (bicyclic) bond motifs is 2. The molecule has 13 aromatic rings. The number of rotatable bonds is 18. The van der Waals surface area contributed by atoms with Gasteiger partial charge in [0.05, 0.1) is 22.3 Å². The van der Waals surface area contributed by atoms with E-state index < -0.39 is 47.5 Å². The predicted octanol–water partition coefficient (Wildman–Crippen LogP) is 16.6. The number of imide groups is 2. The Kier molecular flexibility index (Phi) is 15.2. The van der Waals surface area contributed by atoms with Crippen molar-refractivity contribution in [2.24, 2.45) is 0 Å². The van der Waals surface area contributed by atoms with Crippen LogP contribution in [-0.2, 0) is 22.4 Å². The molecule has 2 aliphatic heterocycles. The van der Waals surface area contributed by atoms with Crippen molar-refractivity contribution in [3.05, 3.63) is 287 Å².